The van der Waals surface area contributed by atoms with Gasteiger partial charge < -0.3 is 19.9 Å². The monoisotopic (exact) mass is 457 g/mol. The molecule has 2 aromatic rings. The van der Waals surface area contributed by atoms with Gasteiger partial charge in [-0.3, -0.25) is 4.79 Å². The average Bonchev–Trinajstić information content (AvgIpc) is 3.21. The van der Waals surface area contributed by atoms with Crippen molar-refractivity contribution in [3.63, 3.8) is 0 Å². The molecule has 1 saturated carbocycles. The zero-order valence-corrected chi connectivity index (χ0v) is 20.0. The highest BCUT2D eigenvalue weighted by Gasteiger charge is 2.24. The molecule has 0 unspecified atom stereocenters. The highest BCUT2D eigenvalue weighted by molar-refractivity contribution is 7.10. The molecule has 3 rings (SSSR count). The number of hydrogen-bond donors (Lipinski definition) is 1. The summed E-state index contributed by atoms with van der Waals surface area (Å²) in [5.74, 6) is -0.0587. The molecule has 1 fully saturated rings. The third-order valence-electron chi connectivity index (χ3n) is 5.98. The molecule has 0 radical (unpaired) electrons. The number of thiophene rings is 1. The van der Waals surface area contributed by atoms with Crippen LogP contribution < -0.4 is 5.32 Å². The fraction of sp³-hybridized carbons (Fsp3) is 0.520. The van der Waals surface area contributed by atoms with Gasteiger partial charge in [-0.1, -0.05) is 49.6 Å². The third kappa shape index (κ3) is 7.35. The second-order valence-corrected chi connectivity index (χ2v) is 9.46. The van der Waals surface area contributed by atoms with E-state index >= 15 is 0 Å². The number of nitrogens with zero attached hydrogens (tertiary/aromatic N) is 2. The smallest absolute Gasteiger partial charge is 0.318 e. The lowest BCUT2D eigenvalue weighted by atomic mass is 9.96. The molecular formula is C25H35N3O3S. The van der Waals surface area contributed by atoms with Crippen LogP contribution in [-0.2, 0) is 22.6 Å². The summed E-state index contributed by atoms with van der Waals surface area (Å²) in [5.41, 5.74) is 2.26. The summed E-state index contributed by atoms with van der Waals surface area (Å²) in [6.45, 7) is 3.95. The normalized spacial score (nSPS) is 14.2. The summed E-state index contributed by atoms with van der Waals surface area (Å²) >= 11 is 1.66. The molecule has 1 aliphatic carbocycles. The van der Waals surface area contributed by atoms with Gasteiger partial charge in [-0.2, -0.15) is 0 Å². The van der Waals surface area contributed by atoms with Crippen LogP contribution in [0, 0.1) is 6.92 Å². The highest BCUT2D eigenvalue weighted by Crippen LogP contribution is 2.20. The Balaban J connectivity index is 1.70. The maximum absolute atomic E-state index is 13.4. The van der Waals surface area contributed by atoms with E-state index in [1.807, 2.05) is 35.2 Å². The predicted molar refractivity (Wildman–Crippen MR) is 129 cm³/mol. The minimum Gasteiger partial charge on any atom is -0.383 e. The number of carbonyl (C=O) groups excluding carboxylic acids is 2. The molecular weight excluding hydrogens is 422 g/mol. The van der Waals surface area contributed by atoms with E-state index < -0.39 is 0 Å². The Morgan fingerprint density at radius 1 is 1.06 bits per heavy atom. The van der Waals surface area contributed by atoms with Crippen molar-refractivity contribution in [3.8, 4) is 0 Å². The van der Waals surface area contributed by atoms with Crippen LogP contribution in [0.15, 0.2) is 41.8 Å². The van der Waals surface area contributed by atoms with E-state index in [1.165, 1.54) is 16.9 Å². The van der Waals surface area contributed by atoms with Crippen molar-refractivity contribution in [1.82, 2.24) is 15.1 Å². The Kier molecular flexibility index (Phi) is 9.56. The van der Waals surface area contributed by atoms with E-state index in [0.717, 1.165) is 31.2 Å². The first-order chi connectivity index (χ1) is 15.6. The van der Waals surface area contributed by atoms with Crippen molar-refractivity contribution in [3.05, 3.63) is 57.8 Å². The van der Waals surface area contributed by atoms with Crippen LogP contribution in [0.5, 0.6) is 0 Å². The average molecular weight is 458 g/mol. The Bertz CT molecular complexity index is 849. The standard InChI is InChI=1S/C25H35N3O3S/c1-20-13-16-32-23(20)18-28(17-21-9-5-3-6-10-21)24(29)19-27(14-15-31-2)25(30)26-22-11-7-4-8-12-22/h3,5-6,9-10,13,16,22H,4,7-8,11-12,14-15,17-19H2,1-2H3,(H,26,30). The van der Waals surface area contributed by atoms with Crippen molar-refractivity contribution in [1.29, 1.82) is 0 Å². The number of rotatable bonds is 10. The van der Waals surface area contributed by atoms with Crippen molar-refractivity contribution < 1.29 is 14.3 Å². The first-order valence-corrected chi connectivity index (χ1v) is 12.3. The number of methoxy groups -OCH3 is 1. The molecule has 1 aromatic carbocycles. The van der Waals surface area contributed by atoms with Gasteiger partial charge >= 0.3 is 6.03 Å². The van der Waals surface area contributed by atoms with Crippen LogP contribution >= 0.6 is 11.3 Å². The molecule has 1 heterocycles. The number of urea groups is 1. The summed E-state index contributed by atoms with van der Waals surface area (Å²) in [5, 5.41) is 5.19. The van der Waals surface area contributed by atoms with Crippen LogP contribution in [0.3, 0.4) is 0 Å². The molecule has 7 heteroatoms. The van der Waals surface area contributed by atoms with E-state index in [1.54, 1.807) is 23.3 Å². The van der Waals surface area contributed by atoms with Gasteiger partial charge in [-0.05, 0) is 42.3 Å². The molecule has 0 saturated heterocycles. The quantitative estimate of drug-likeness (QED) is 0.568. The summed E-state index contributed by atoms with van der Waals surface area (Å²) in [6, 6.07) is 12.1. The largest absolute Gasteiger partial charge is 0.383 e. The van der Waals surface area contributed by atoms with Crippen LogP contribution in [0.2, 0.25) is 0 Å². The fourth-order valence-corrected chi connectivity index (χ4v) is 4.93. The van der Waals surface area contributed by atoms with Crippen molar-refractivity contribution in [2.75, 3.05) is 26.8 Å². The zero-order chi connectivity index (χ0) is 22.8. The molecule has 0 spiro atoms. The van der Waals surface area contributed by atoms with E-state index in [9.17, 15) is 9.59 Å². The van der Waals surface area contributed by atoms with Crippen molar-refractivity contribution in [2.24, 2.45) is 0 Å². The van der Waals surface area contributed by atoms with Gasteiger partial charge in [0.25, 0.3) is 0 Å². The van der Waals surface area contributed by atoms with Crippen molar-refractivity contribution in [2.45, 2.75) is 58.2 Å². The third-order valence-corrected chi connectivity index (χ3v) is 6.99. The van der Waals surface area contributed by atoms with Crippen LogP contribution in [0.4, 0.5) is 4.79 Å². The molecule has 0 aliphatic heterocycles. The summed E-state index contributed by atoms with van der Waals surface area (Å²) < 4.78 is 5.21. The van der Waals surface area contributed by atoms with E-state index in [-0.39, 0.29) is 24.5 Å². The lowest BCUT2D eigenvalue weighted by Gasteiger charge is -2.30. The van der Waals surface area contributed by atoms with Crippen molar-refractivity contribution >= 4 is 23.3 Å². The fourth-order valence-electron chi connectivity index (χ4n) is 4.01. The maximum atomic E-state index is 13.4. The van der Waals surface area contributed by atoms with Gasteiger partial charge in [0.1, 0.15) is 6.54 Å². The second-order valence-electron chi connectivity index (χ2n) is 8.46. The highest BCUT2D eigenvalue weighted by atomic mass is 32.1. The summed E-state index contributed by atoms with van der Waals surface area (Å²) in [7, 11) is 1.61. The predicted octanol–water partition coefficient (Wildman–Crippen LogP) is 4.58. The van der Waals surface area contributed by atoms with Crippen LogP contribution in [0.1, 0.15) is 48.1 Å². The molecule has 1 aliphatic rings. The Morgan fingerprint density at radius 2 is 1.81 bits per heavy atom. The Hall–Kier alpha value is -2.38. The number of amides is 3. The second kappa shape index (κ2) is 12.6. The Labute approximate surface area is 195 Å². The number of aryl methyl sites for hydroxylation is 1. The molecule has 174 valence electrons. The lowest BCUT2D eigenvalue weighted by molar-refractivity contribution is -0.133. The van der Waals surface area contributed by atoms with Gasteiger partial charge in [0, 0.05) is 31.1 Å². The molecule has 6 nitrogen and oxygen atoms in total. The summed E-state index contributed by atoms with van der Waals surface area (Å²) in [4.78, 5) is 31.0. The zero-order valence-electron chi connectivity index (χ0n) is 19.2. The molecule has 32 heavy (non-hydrogen) atoms. The first kappa shape index (κ1) is 24.3. The number of nitrogens with one attached hydrogen (secondary N) is 1. The van der Waals surface area contributed by atoms with Gasteiger partial charge in [0.2, 0.25) is 5.91 Å². The number of hydrogen-bond acceptors (Lipinski definition) is 4. The maximum Gasteiger partial charge on any atom is 0.318 e. The van der Waals surface area contributed by atoms with E-state index in [2.05, 4.69) is 23.7 Å². The Morgan fingerprint density at radius 3 is 2.47 bits per heavy atom. The molecule has 0 atom stereocenters. The number of carbonyl (C=O) groups is 2. The minimum absolute atomic E-state index is 0.0408. The number of ether oxygens (including phenoxy) is 1. The molecule has 1 aromatic heterocycles. The van der Waals surface area contributed by atoms with Crippen LogP contribution in [0.25, 0.3) is 0 Å². The van der Waals surface area contributed by atoms with E-state index in [0.29, 0.717) is 26.2 Å². The molecule has 3 amide bonds. The minimum atomic E-state index is -0.172. The van der Waals surface area contributed by atoms with Gasteiger partial charge in [0.05, 0.1) is 13.2 Å². The lowest BCUT2D eigenvalue weighted by Crippen LogP contribution is -2.50. The molecule has 1 N–H and O–H groups in total. The van der Waals surface area contributed by atoms with Crippen LogP contribution in [-0.4, -0.2) is 54.6 Å². The van der Waals surface area contributed by atoms with Gasteiger partial charge in [-0.25, -0.2) is 4.79 Å². The summed E-state index contributed by atoms with van der Waals surface area (Å²) in [6.07, 6.45) is 5.54. The SMILES string of the molecule is COCCN(CC(=O)N(Cc1ccccc1)Cc1sccc1C)C(=O)NC1CCCCC1. The molecule has 0 bridgehead atoms. The van der Waals surface area contributed by atoms with E-state index in [4.69, 9.17) is 4.74 Å². The van der Waals surface area contributed by atoms with Gasteiger partial charge in [-0.15, -0.1) is 11.3 Å². The number of benzene rings is 1. The first-order valence-electron chi connectivity index (χ1n) is 11.5. The topological polar surface area (TPSA) is 61.9 Å². The van der Waals surface area contributed by atoms with Gasteiger partial charge in [0.15, 0.2) is 0 Å².